The molecular formula is C15H22N2O2S. The van der Waals surface area contributed by atoms with Crippen molar-refractivity contribution in [1.82, 2.24) is 5.32 Å². The van der Waals surface area contributed by atoms with Gasteiger partial charge in [0.15, 0.2) is 5.11 Å². The zero-order valence-corrected chi connectivity index (χ0v) is 12.7. The summed E-state index contributed by atoms with van der Waals surface area (Å²) in [5, 5.41) is 6.80. The zero-order valence-electron chi connectivity index (χ0n) is 11.9. The molecule has 0 saturated heterocycles. The summed E-state index contributed by atoms with van der Waals surface area (Å²) in [6.07, 6.45) is 5.31. The lowest BCUT2D eigenvalue weighted by molar-refractivity contribution is 0.204. The molecule has 1 fully saturated rings. The molecule has 0 aliphatic heterocycles. The van der Waals surface area contributed by atoms with E-state index in [0.717, 1.165) is 11.4 Å². The van der Waals surface area contributed by atoms with E-state index in [1.165, 1.54) is 25.7 Å². The van der Waals surface area contributed by atoms with Gasteiger partial charge in [0.2, 0.25) is 0 Å². The van der Waals surface area contributed by atoms with Crippen molar-refractivity contribution in [2.75, 3.05) is 25.6 Å². The number of thiocarbonyl (C=S) groups is 1. The predicted octanol–water partition coefficient (Wildman–Crippen LogP) is 2.94. The summed E-state index contributed by atoms with van der Waals surface area (Å²) in [5.41, 5.74) is 0.957. The quantitative estimate of drug-likeness (QED) is 0.624. The lowest BCUT2D eigenvalue weighted by Crippen LogP contribution is -2.31. The fourth-order valence-electron chi connectivity index (χ4n) is 2.26. The van der Waals surface area contributed by atoms with Gasteiger partial charge < -0.3 is 20.1 Å². The molecule has 0 spiro atoms. The molecule has 0 aromatic heterocycles. The third kappa shape index (κ3) is 4.98. The smallest absolute Gasteiger partial charge is 0.170 e. The average Bonchev–Trinajstić information content (AvgIpc) is 2.94. The second-order valence-corrected chi connectivity index (χ2v) is 5.33. The van der Waals surface area contributed by atoms with Crippen molar-refractivity contribution >= 4 is 23.0 Å². The average molecular weight is 294 g/mol. The first-order valence-electron chi connectivity index (χ1n) is 7.08. The Morgan fingerprint density at radius 3 is 2.60 bits per heavy atom. The minimum absolute atomic E-state index is 0.394. The van der Waals surface area contributed by atoms with Gasteiger partial charge in [-0.25, -0.2) is 0 Å². The SMILES string of the molecule is COCCNC(=S)Nc1ccc(OC2CCCC2)cc1. The van der Waals surface area contributed by atoms with E-state index in [2.05, 4.69) is 10.6 Å². The minimum atomic E-state index is 0.394. The Balaban J connectivity index is 1.77. The fraction of sp³-hybridized carbons (Fsp3) is 0.533. The summed E-state index contributed by atoms with van der Waals surface area (Å²) < 4.78 is 10.9. The highest BCUT2D eigenvalue weighted by molar-refractivity contribution is 7.80. The highest BCUT2D eigenvalue weighted by Gasteiger charge is 2.16. The molecular weight excluding hydrogens is 272 g/mol. The number of anilines is 1. The molecule has 0 atom stereocenters. The standard InChI is InChI=1S/C15H22N2O2S/c1-18-11-10-16-15(20)17-12-6-8-14(9-7-12)19-13-4-2-3-5-13/h6-9,13H,2-5,10-11H2,1H3,(H2,16,17,20). The first-order valence-corrected chi connectivity index (χ1v) is 7.49. The largest absolute Gasteiger partial charge is 0.490 e. The minimum Gasteiger partial charge on any atom is -0.490 e. The van der Waals surface area contributed by atoms with Gasteiger partial charge in [-0.3, -0.25) is 0 Å². The van der Waals surface area contributed by atoms with Crippen molar-refractivity contribution in [1.29, 1.82) is 0 Å². The van der Waals surface area contributed by atoms with Crippen LogP contribution in [0.5, 0.6) is 5.75 Å². The van der Waals surface area contributed by atoms with Crippen molar-refractivity contribution in [3.8, 4) is 5.75 Å². The summed E-state index contributed by atoms with van der Waals surface area (Å²) >= 11 is 5.19. The molecule has 110 valence electrons. The van der Waals surface area contributed by atoms with Gasteiger partial charge in [0.05, 0.1) is 12.7 Å². The monoisotopic (exact) mass is 294 g/mol. The van der Waals surface area contributed by atoms with Crippen LogP contribution in [0.1, 0.15) is 25.7 Å². The van der Waals surface area contributed by atoms with Gasteiger partial charge in [-0.05, 0) is 62.2 Å². The molecule has 20 heavy (non-hydrogen) atoms. The van der Waals surface area contributed by atoms with E-state index in [9.17, 15) is 0 Å². The van der Waals surface area contributed by atoms with Crippen molar-refractivity contribution in [2.24, 2.45) is 0 Å². The number of rotatable bonds is 6. The van der Waals surface area contributed by atoms with Crippen LogP contribution in [0.3, 0.4) is 0 Å². The fourth-order valence-corrected chi connectivity index (χ4v) is 2.48. The lowest BCUT2D eigenvalue weighted by Gasteiger charge is -2.14. The van der Waals surface area contributed by atoms with Crippen molar-refractivity contribution in [3.63, 3.8) is 0 Å². The summed E-state index contributed by atoms with van der Waals surface area (Å²) in [4.78, 5) is 0. The second-order valence-electron chi connectivity index (χ2n) is 4.92. The normalized spacial score (nSPS) is 15.1. The molecule has 1 saturated carbocycles. The Morgan fingerprint density at radius 2 is 1.95 bits per heavy atom. The number of nitrogens with one attached hydrogen (secondary N) is 2. The van der Waals surface area contributed by atoms with Crippen LogP contribution in [-0.2, 0) is 4.74 Å². The van der Waals surface area contributed by atoms with Crippen LogP contribution in [0, 0.1) is 0 Å². The number of methoxy groups -OCH3 is 1. The molecule has 0 radical (unpaired) electrons. The van der Waals surface area contributed by atoms with Crippen molar-refractivity contribution in [3.05, 3.63) is 24.3 Å². The Kier molecular flexibility index (Phi) is 6.08. The number of hydrogen-bond acceptors (Lipinski definition) is 3. The maximum atomic E-state index is 5.92. The van der Waals surface area contributed by atoms with Crippen LogP contribution in [0.4, 0.5) is 5.69 Å². The van der Waals surface area contributed by atoms with Crippen LogP contribution < -0.4 is 15.4 Å². The lowest BCUT2D eigenvalue weighted by atomic mass is 10.3. The molecule has 1 aliphatic carbocycles. The first kappa shape index (κ1) is 15.1. The van der Waals surface area contributed by atoms with E-state index >= 15 is 0 Å². The third-order valence-corrected chi connectivity index (χ3v) is 3.56. The van der Waals surface area contributed by atoms with E-state index in [-0.39, 0.29) is 0 Å². The number of benzene rings is 1. The number of hydrogen-bond donors (Lipinski definition) is 2. The maximum absolute atomic E-state index is 5.92. The predicted molar refractivity (Wildman–Crippen MR) is 85.4 cm³/mol. The molecule has 1 aromatic rings. The first-order chi connectivity index (χ1) is 9.78. The van der Waals surface area contributed by atoms with Gasteiger partial charge in [-0.1, -0.05) is 0 Å². The van der Waals surface area contributed by atoms with Crippen LogP contribution in [0.25, 0.3) is 0 Å². The van der Waals surface area contributed by atoms with Crippen molar-refractivity contribution in [2.45, 2.75) is 31.8 Å². The Labute approximate surface area is 125 Å². The molecule has 5 heteroatoms. The summed E-state index contributed by atoms with van der Waals surface area (Å²) in [5.74, 6) is 0.931. The van der Waals surface area contributed by atoms with Gasteiger partial charge >= 0.3 is 0 Å². The van der Waals surface area contributed by atoms with Crippen LogP contribution in [0.15, 0.2) is 24.3 Å². The molecule has 0 bridgehead atoms. The highest BCUT2D eigenvalue weighted by atomic mass is 32.1. The summed E-state index contributed by atoms with van der Waals surface area (Å²) in [6.45, 7) is 1.33. The molecule has 1 aromatic carbocycles. The Hall–Kier alpha value is -1.33. The van der Waals surface area contributed by atoms with Crippen LogP contribution in [-0.4, -0.2) is 31.5 Å². The van der Waals surface area contributed by atoms with Gasteiger partial charge in [0, 0.05) is 19.3 Å². The van der Waals surface area contributed by atoms with E-state index in [1.807, 2.05) is 24.3 Å². The van der Waals surface area contributed by atoms with E-state index < -0.39 is 0 Å². The molecule has 0 unspecified atom stereocenters. The van der Waals surface area contributed by atoms with Gasteiger partial charge in [-0.2, -0.15) is 0 Å². The summed E-state index contributed by atoms with van der Waals surface area (Å²) in [7, 11) is 1.67. The van der Waals surface area contributed by atoms with Gasteiger partial charge in [0.25, 0.3) is 0 Å². The van der Waals surface area contributed by atoms with Crippen LogP contribution in [0.2, 0.25) is 0 Å². The van der Waals surface area contributed by atoms with Gasteiger partial charge in [0.1, 0.15) is 5.75 Å². The molecule has 0 amide bonds. The molecule has 0 heterocycles. The van der Waals surface area contributed by atoms with E-state index in [0.29, 0.717) is 24.4 Å². The Morgan fingerprint density at radius 1 is 1.25 bits per heavy atom. The second kappa shape index (κ2) is 8.07. The van der Waals surface area contributed by atoms with Crippen LogP contribution >= 0.6 is 12.2 Å². The molecule has 2 N–H and O–H groups in total. The molecule has 1 aliphatic rings. The van der Waals surface area contributed by atoms with Gasteiger partial charge in [-0.15, -0.1) is 0 Å². The third-order valence-electron chi connectivity index (χ3n) is 3.31. The highest BCUT2D eigenvalue weighted by Crippen LogP contribution is 2.24. The molecule has 2 rings (SSSR count). The van der Waals surface area contributed by atoms with E-state index in [4.69, 9.17) is 21.7 Å². The molecule has 4 nitrogen and oxygen atoms in total. The Bertz CT molecular complexity index is 416. The van der Waals surface area contributed by atoms with E-state index in [1.54, 1.807) is 7.11 Å². The van der Waals surface area contributed by atoms with Crippen molar-refractivity contribution < 1.29 is 9.47 Å². The zero-order chi connectivity index (χ0) is 14.2. The maximum Gasteiger partial charge on any atom is 0.170 e. The number of ether oxygens (including phenoxy) is 2. The topological polar surface area (TPSA) is 42.5 Å². The summed E-state index contributed by atoms with van der Waals surface area (Å²) in [6, 6.07) is 7.93.